The van der Waals surface area contributed by atoms with Crippen molar-refractivity contribution < 1.29 is 9.52 Å². The second kappa shape index (κ2) is 7.58. The van der Waals surface area contributed by atoms with E-state index in [1.807, 2.05) is 42.5 Å². The monoisotopic (exact) mass is 300 g/mol. The van der Waals surface area contributed by atoms with Gasteiger partial charge in [0, 0.05) is 18.7 Å². The van der Waals surface area contributed by atoms with Crippen LogP contribution in [0.1, 0.15) is 18.6 Å². The Kier molecular flexibility index (Phi) is 5.27. The molecule has 0 bridgehead atoms. The number of likely N-dealkylation sites (tertiary alicyclic amines) is 1. The maximum absolute atomic E-state index is 10.0. The van der Waals surface area contributed by atoms with Gasteiger partial charge in [-0.15, -0.1) is 0 Å². The number of hydrogen-bond donors (Lipinski definition) is 2. The molecule has 0 saturated carbocycles. The highest BCUT2D eigenvalue weighted by Gasteiger charge is 2.15. The van der Waals surface area contributed by atoms with Gasteiger partial charge in [0.15, 0.2) is 0 Å². The molecular weight excluding hydrogens is 276 g/mol. The van der Waals surface area contributed by atoms with Crippen LogP contribution in [0.5, 0.6) is 0 Å². The molecule has 1 saturated heterocycles. The molecule has 1 aromatic carbocycles. The van der Waals surface area contributed by atoms with Crippen molar-refractivity contribution in [1.29, 1.82) is 0 Å². The molecule has 2 aromatic rings. The topological polar surface area (TPSA) is 48.6 Å². The van der Waals surface area contributed by atoms with Crippen molar-refractivity contribution in [1.82, 2.24) is 10.2 Å². The Morgan fingerprint density at radius 3 is 2.64 bits per heavy atom. The van der Waals surface area contributed by atoms with Crippen LogP contribution in [-0.2, 0) is 6.54 Å². The zero-order valence-electron chi connectivity index (χ0n) is 12.9. The van der Waals surface area contributed by atoms with Gasteiger partial charge in [-0.05, 0) is 38.1 Å². The van der Waals surface area contributed by atoms with Gasteiger partial charge < -0.3 is 19.7 Å². The molecule has 1 unspecified atom stereocenters. The normalized spacial score (nSPS) is 17.0. The minimum Gasteiger partial charge on any atom is -0.460 e. The van der Waals surface area contributed by atoms with Crippen LogP contribution in [0.2, 0.25) is 0 Å². The van der Waals surface area contributed by atoms with E-state index in [4.69, 9.17) is 4.42 Å². The Bertz CT molecular complexity index is 561. The van der Waals surface area contributed by atoms with Gasteiger partial charge in [-0.2, -0.15) is 0 Å². The number of aliphatic hydroxyl groups excluding tert-OH is 1. The predicted octanol–water partition coefficient (Wildman–Crippen LogP) is 2.49. The van der Waals surface area contributed by atoms with E-state index in [1.165, 1.54) is 12.8 Å². The molecule has 0 amide bonds. The first kappa shape index (κ1) is 15.3. The van der Waals surface area contributed by atoms with E-state index in [2.05, 4.69) is 10.2 Å². The van der Waals surface area contributed by atoms with Gasteiger partial charge in [0.25, 0.3) is 0 Å². The summed E-state index contributed by atoms with van der Waals surface area (Å²) < 4.78 is 5.83. The molecule has 22 heavy (non-hydrogen) atoms. The number of nitrogens with zero attached hydrogens (tertiary/aromatic N) is 1. The molecule has 1 aliphatic rings. The summed E-state index contributed by atoms with van der Waals surface area (Å²) in [6.07, 6.45) is 2.20. The molecule has 2 heterocycles. The maximum atomic E-state index is 10.0. The molecule has 3 rings (SSSR count). The molecule has 4 heteroatoms. The van der Waals surface area contributed by atoms with Crippen LogP contribution in [-0.4, -0.2) is 42.3 Å². The van der Waals surface area contributed by atoms with Crippen LogP contribution in [0, 0.1) is 0 Å². The highest BCUT2D eigenvalue weighted by molar-refractivity contribution is 5.57. The predicted molar refractivity (Wildman–Crippen MR) is 87.5 cm³/mol. The van der Waals surface area contributed by atoms with E-state index in [1.54, 1.807) is 0 Å². The number of aliphatic hydroxyl groups is 1. The molecule has 118 valence electrons. The van der Waals surface area contributed by atoms with Crippen molar-refractivity contribution >= 4 is 0 Å². The lowest BCUT2D eigenvalue weighted by Crippen LogP contribution is -2.36. The van der Waals surface area contributed by atoms with Crippen molar-refractivity contribution in [3.8, 4) is 11.3 Å². The van der Waals surface area contributed by atoms with Gasteiger partial charge in [-0.25, -0.2) is 0 Å². The summed E-state index contributed by atoms with van der Waals surface area (Å²) in [5.41, 5.74) is 1.09. The number of rotatable bonds is 7. The Morgan fingerprint density at radius 2 is 1.86 bits per heavy atom. The summed E-state index contributed by atoms with van der Waals surface area (Å²) in [6.45, 7) is 4.24. The van der Waals surface area contributed by atoms with Crippen LogP contribution in [0.25, 0.3) is 11.3 Å². The minimum absolute atomic E-state index is 0.318. The Labute approximate surface area is 131 Å². The van der Waals surface area contributed by atoms with Gasteiger partial charge in [0.2, 0.25) is 0 Å². The molecule has 1 fully saturated rings. The van der Waals surface area contributed by atoms with Crippen LogP contribution in [0.15, 0.2) is 46.9 Å². The van der Waals surface area contributed by atoms with E-state index in [0.29, 0.717) is 13.1 Å². The summed E-state index contributed by atoms with van der Waals surface area (Å²) in [6, 6.07) is 14.1. The fourth-order valence-corrected chi connectivity index (χ4v) is 2.92. The number of furan rings is 1. The number of β-amino-alcohol motifs (C(OH)–C–C–N with tert-alkyl or cyclic N) is 1. The lowest BCUT2D eigenvalue weighted by Gasteiger charge is -2.19. The quantitative estimate of drug-likeness (QED) is 0.825. The molecular formula is C18H24N2O2. The first-order valence-corrected chi connectivity index (χ1v) is 8.06. The number of hydrogen-bond acceptors (Lipinski definition) is 4. The fourth-order valence-electron chi connectivity index (χ4n) is 2.92. The molecule has 1 aliphatic heterocycles. The van der Waals surface area contributed by atoms with Gasteiger partial charge in [0.1, 0.15) is 11.5 Å². The number of benzene rings is 1. The molecule has 2 N–H and O–H groups in total. The molecule has 1 atom stereocenters. The Hall–Kier alpha value is -1.62. The highest BCUT2D eigenvalue weighted by Crippen LogP contribution is 2.21. The fraction of sp³-hybridized carbons (Fsp3) is 0.444. The third-order valence-corrected chi connectivity index (χ3v) is 4.07. The summed E-state index contributed by atoms with van der Waals surface area (Å²) in [5, 5.41) is 13.3. The van der Waals surface area contributed by atoms with Crippen molar-refractivity contribution in [3.05, 3.63) is 48.2 Å². The van der Waals surface area contributed by atoms with Crippen molar-refractivity contribution in [2.45, 2.75) is 25.5 Å². The van der Waals surface area contributed by atoms with E-state index >= 15 is 0 Å². The van der Waals surface area contributed by atoms with Crippen molar-refractivity contribution in [2.75, 3.05) is 26.2 Å². The van der Waals surface area contributed by atoms with Gasteiger partial charge in [0.05, 0.1) is 12.6 Å². The van der Waals surface area contributed by atoms with Gasteiger partial charge >= 0.3 is 0 Å². The van der Waals surface area contributed by atoms with Crippen LogP contribution >= 0.6 is 0 Å². The van der Waals surface area contributed by atoms with Crippen molar-refractivity contribution in [3.63, 3.8) is 0 Å². The summed E-state index contributed by atoms with van der Waals surface area (Å²) in [4.78, 5) is 2.33. The van der Waals surface area contributed by atoms with E-state index in [9.17, 15) is 5.11 Å². The zero-order chi connectivity index (χ0) is 15.2. The summed E-state index contributed by atoms with van der Waals surface area (Å²) in [7, 11) is 0. The highest BCUT2D eigenvalue weighted by atomic mass is 16.3. The van der Waals surface area contributed by atoms with Crippen LogP contribution < -0.4 is 5.32 Å². The second-order valence-electron chi connectivity index (χ2n) is 5.92. The lowest BCUT2D eigenvalue weighted by molar-refractivity contribution is 0.123. The van der Waals surface area contributed by atoms with Gasteiger partial charge in [-0.1, -0.05) is 30.3 Å². The smallest absolute Gasteiger partial charge is 0.134 e. The lowest BCUT2D eigenvalue weighted by atomic mass is 10.2. The van der Waals surface area contributed by atoms with E-state index in [0.717, 1.165) is 36.7 Å². The molecule has 0 spiro atoms. The third kappa shape index (κ3) is 4.19. The minimum atomic E-state index is -0.318. The molecule has 4 nitrogen and oxygen atoms in total. The number of nitrogens with one attached hydrogen (secondary N) is 1. The first-order valence-electron chi connectivity index (χ1n) is 8.06. The van der Waals surface area contributed by atoms with Crippen molar-refractivity contribution in [2.24, 2.45) is 0 Å². The van der Waals surface area contributed by atoms with Crippen LogP contribution in [0.4, 0.5) is 0 Å². The van der Waals surface area contributed by atoms with E-state index < -0.39 is 0 Å². The Morgan fingerprint density at radius 1 is 1.09 bits per heavy atom. The maximum Gasteiger partial charge on any atom is 0.134 e. The SMILES string of the molecule is OC(CNCc1ccc(-c2ccccc2)o1)CN1CCCC1. The third-order valence-electron chi connectivity index (χ3n) is 4.07. The molecule has 0 radical (unpaired) electrons. The average molecular weight is 300 g/mol. The largest absolute Gasteiger partial charge is 0.460 e. The standard InChI is InChI=1S/C18H24N2O2/c21-16(14-20-10-4-5-11-20)12-19-13-17-8-9-18(22-17)15-6-2-1-3-7-15/h1-3,6-9,16,19,21H,4-5,10-14H2. The average Bonchev–Trinajstić information content (AvgIpc) is 3.20. The molecule has 1 aromatic heterocycles. The zero-order valence-corrected chi connectivity index (χ0v) is 12.9. The molecule has 0 aliphatic carbocycles. The summed E-state index contributed by atoms with van der Waals surface area (Å²) >= 11 is 0. The van der Waals surface area contributed by atoms with E-state index in [-0.39, 0.29) is 6.10 Å². The van der Waals surface area contributed by atoms with Gasteiger partial charge in [-0.3, -0.25) is 0 Å². The Balaban J connectivity index is 1.43. The van der Waals surface area contributed by atoms with Crippen LogP contribution in [0.3, 0.4) is 0 Å². The summed E-state index contributed by atoms with van der Waals surface area (Å²) in [5.74, 6) is 1.78. The first-order chi connectivity index (χ1) is 10.8. The second-order valence-corrected chi connectivity index (χ2v) is 5.92.